The second-order valence-electron chi connectivity index (χ2n) is 5.51. The Kier molecular flexibility index (Phi) is 5.00. The minimum absolute atomic E-state index is 0.634. The van der Waals surface area contributed by atoms with E-state index in [0.717, 1.165) is 30.3 Å². The van der Waals surface area contributed by atoms with Crippen molar-refractivity contribution in [3.05, 3.63) is 23.3 Å². The van der Waals surface area contributed by atoms with Gasteiger partial charge in [-0.15, -0.1) is 11.3 Å². The van der Waals surface area contributed by atoms with E-state index in [0.29, 0.717) is 11.9 Å². The third-order valence-electron chi connectivity index (χ3n) is 4.02. The first-order valence-electron chi connectivity index (χ1n) is 7.62. The molecule has 3 heterocycles. The van der Waals surface area contributed by atoms with Gasteiger partial charge in [0.05, 0.1) is 11.4 Å². The Balaban J connectivity index is 1.64. The van der Waals surface area contributed by atoms with E-state index in [2.05, 4.69) is 20.4 Å². The minimum atomic E-state index is 0.634. The molecule has 1 atom stereocenters. The number of hydrogen-bond acceptors (Lipinski definition) is 6. The number of thiophene rings is 1. The molecule has 21 heavy (non-hydrogen) atoms. The van der Waals surface area contributed by atoms with Crippen LogP contribution in [0.3, 0.4) is 0 Å². The molecule has 1 unspecified atom stereocenters. The summed E-state index contributed by atoms with van der Waals surface area (Å²) in [6, 6.07) is 4.65. The molecular formula is C15H22N4OS. The fraction of sp³-hybridized carbons (Fsp3) is 0.600. The molecule has 1 aliphatic heterocycles. The lowest BCUT2D eigenvalue weighted by atomic mass is 9.99. The molecule has 3 rings (SSSR count). The van der Waals surface area contributed by atoms with E-state index < -0.39 is 0 Å². The van der Waals surface area contributed by atoms with Crippen molar-refractivity contribution < 1.29 is 4.52 Å². The third kappa shape index (κ3) is 3.70. The number of nitrogens with one attached hydrogen (secondary N) is 1. The van der Waals surface area contributed by atoms with Gasteiger partial charge in [-0.3, -0.25) is 4.90 Å². The lowest BCUT2D eigenvalue weighted by Gasteiger charge is -2.34. The molecule has 1 N–H and O–H groups in total. The molecule has 0 aromatic carbocycles. The van der Waals surface area contributed by atoms with E-state index >= 15 is 0 Å². The zero-order valence-corrected chi connectivity index (χ0v) is 13.2. The monoisotopic (exact) mass is 306 g/mol. The van der Waals surface area contributed by atoms with E-state index in [1.54, 1.807) is 11.3 Å². The van der Waals surface area contributed by atoms with Crippen LogP contribution in [0, 0.1) is 0 Å². The maximum atomic E-state index is 5.38. The standard InChI is InChI=1S/C15H22N4OS/c1-16-8-7-12-5-2-3-9-19(12)11-14-17-15(20-18-14)13-6-4-10-21-13/h4,6,10,12,16H,2-3,5,7-9,11H2,1H3. The van der Waals surface area contributed by atoms with Crippen molar-refractivity contribution in [3.63, 3.8) is 0 Å². The number of piperidine rings is 1. The Bertz CT molecular complexity index is 540. The highest BCUT2D eigenvalue weighted by atomic mass is 32.1. The van der Waals surface area contributed by atoms with Gasteiger partial charge in [-0.25, -0.2) is 0 Å². The Labute approximate surface area is 129 Å². The summed E-state index contributed by atoms with van der Waals surface area (Å²) in [5.41, 5.74) is 0. The molecule has 0 amide bonds. The SMILES string of the molecule is CNCCC1CCCCN1Cc1noc(-c2cccs2)n1. The van der Waals surface area contributed by atoms with E-state index in [1.165, 1.54) is 25.7 Å². The quantitative estimate of drug-likeness (QED) is 0.889. The molecule has 2 aromatic rings. The topological polar surface area (TPSA) is 54.2 Å². The summed E-state index contributed by atoms with van der Waals surface area (Å²) in [6.45, 7) is 2.99. The maximum Gasteiger partial charge on any atom is 0.268 e. The molecule has 2 aromatic heterocycles. The van der Waals surface area contributed by atoms with Crippen LogP contribution < -0.4 is 5.32 Å². The van der Waals surface area contributed by atoms with Crippen LogP contribution in [0.5, 0.6) is 0 Å². The van der Waals surface area contributed by atoms with E-state index in [-0.39, 0.29) is 0 Å². The molecule has 0 bridgehead atoms. The summed E-state index contributed by atoms with van der Waals surface area (Å²) in [5.74, 6) is 1.44. The Morgan fingerprint density at radius 3 is 3.24 bits per heavy atom. The van der Waals surface area contributed by atoms with Crippen LogP contribution in [0.15, 0.2) is 22.0 Å². The van der Waals surface area contributed by atoms with Crippen LogP contribution in [0.2, 0.25) is 0 Å². The van der Waals surface area contributed by atoms with Crippen molar-refractivity contribution in [2.75, 3.05) is 20.1 Å². The van der Waals surface area contributed by atoms with Crippen molar-refractivity contribution in [2.45, 2.75) is 38.3 Å². The lowest BCUT2D eigenvalue weighted by molar-refractivity contribution is 0.128. The smallest absolute Gasteiger partial charge is 0.268 e. The van der Waals surface area contributed by atoms with Crippen molar-refractivity contribution in [1.82, 2.24) is 20.4 Å². The van der Waals surface area contributed by atoms with Gasteiger partial charge in [0, 0.05) is 6.04 Å². The highest BCUT2D eigenvalue weighted by molar-refractivity contribution is 7.13. The first-order valence-corrected chi connectivity index (χ1v) is 8.50. The number of rotatable bonds is 6. The Morgan fingerprint density at radius 1 is 1.48 bits per heavy atom. The predicted octanol–water partition coefficient (Wildman–Crippen LogP) is 2.76. The van der Waals surface area contributed by atoms with Crippen molar-refractivity contribution in [3.8, 4) is 10.8 Å². The van der Waals surface area contributed by atoms with E-state index in [1.807, 2.05) is 24.6 Å². The molecule has 0 spiro atoms. The first-order chi connectivity index (χ1) is 10.4. The predicted molar refractivity (Wildman–Crippen MR) is 84.2 cm³/mol. The van der Waals surface area contributed by atoms with Gasteiger partial charge in [-0.05, 0) is 50.8 Å². The molecule has 5 nitrogen and oxygen atoms in total. The van der Waals surface area contributed by atoms with Crippen molar-refractivity contribution >= 4 is 11.3 Å². The number of aromatic nitrogens is 2. The number of likely N-dealkylation sites (tertiary alicyclic amines) is 1. The van der Waals surface area contributed by atoms with Crippen LogP contribution in [-0.4, -0.2) is 41.2 Å². The van der Waals surface area contributed by atoms with Crippen LogP contribution in [0.4, 0.5) is 0 Å². The fourth-order valence-corrected chi connectivity index (χ4v) is 3.55. The highest BCUT2D eigenvalue weighted by Crippen LogP contribution is 2.24. The molecule has 0 saturated carbocycles. The summed E-state index contributed by atoms with van der Waals surface area (Å²) in [5, 5.41) is 9.42. The summed E-state index contributed by atoms with van der Waals surface area (Å²) in [7, 11) is 2.01. The molecule has 0 aliphatic carbocycles. The van der Waals surface area contributed by atoms with Crippen LogP contribution in [-0.2, 0) is 6.54 Å². The molecule has 114 valence electrons. The highest BCUT2D eigenvalue weighted by Gasteiger charge is 2.23. The zero-order chi connectivity index (χ0) is 14.5. The largest absolute Gasteiger partial charge is 0.333 e. The molecule has 0 radical (unpaired) electrons. The third-order valence-corrected chi connectivity index (χ3v) is 4.88. The maximum absolute atomic E-state index is 5.38. The molecular weight excluding hydrogens is 284 g/mol. The van der Waals surface area contributed by atoms with Crippen LogP contribution in [0.25, 0.3) is 10.8 Å². The molecule has 1 fully saturated rings. The van der Waals surface area contributed by atoms with E-state index in [4.69, 9.17) is 4.52 Å². The van der Waals surface area contributed by atoms with Gasteiger partial charge in [0.15, 0.2) is 5.82 Å². The van der Waals surface area contributed by atoms with Crippen LogP contribution in [0.1, 0.15) is 31.5 Å². The second-order valence-corrected chi connectivity index (χ2v) is 6.45. The lowest BCUT2D eigenvalue weighted by Crippen LogP contribution is -2.40. The van der Waals surface area contributed by atoms with Gasteiger partial charge in [0.2, 0.25) is 0 Å². The average molecular weight is 306 g/mol. The van der Waals surface area contributed by atoms with E-state index in [9.17, 15) is 0 Å². The van der Waals surface area contributed by atoms with Gasteiger partial charge in [0.1, 0.15) is 0 Å². The summed E-state index contributed by atoms with van der Waals surface area (Å²) >= 11 is 1.63. The van der Waals surface area contributed by atoms with Gasteiger partial charge >= 0.3 is 0 Å². The number of hydrogen-bond donors (Lipinski definition) is 1. The van der Waals surface area contributed by atoms with Crippen molar-refractivity contribution in [2.24, 2.45) is 0 Å². The van der Waals surface area contributed by atoms with Crippen LogP contribution >= 0.6 is 11.3 Å². The van der Waals surface area contributed by atoms with Gasteiger partial charge in [-0.1, -0.05) is 17.6 Å². The first kappa shape index (κ1) is 14.7. The van der Waals surface area contributed by atoms with Gasteiger partial charge in [-0.2, -0.15) is 4.98 Å². The van der Waals surface area contributed by atoms with Crippen molar-refractivity contribution in [1.29, 1.82) is 0 Å². The molecule has 1 saturated heterocycles. The van der Waals surface area contributed by atoms with Gasteiger partial charge < -0.3 is 9.84 Å². The second kappa shape index (κ2) is 7.15. The fourth-order valence-electron chi connectivity index (χ4n) is 2.91. The Hall–Kier alpha value is -1.24. The molecule has 1 aliphatic rings. The minimum Gasteiger partial charge on any atom is -0.333 e. The zero-order valence-electron chi connectivity index (χ0n) is 12.4. The summed E-state index contributed by atoms with van der Waals surface area (Å²) in [6.07, 6.45) is 5.06. The average Bonchev–Trinajstić information content (AvgIpc) is 3.17. The number of nitrogens with zero attached hydrogens (tertiary/aromatic N) is 3. The summed E-state index contributed by atoms with van der Waals surface area (Å²) < 4.78 is 5.38. The molecule has 6 heteroatoms. The summed E-state index contributed by atoms with van der Waals surface area (Å²) in [4.78, 5) is 8.08. The Morgan fingerprint density at radius 2 is 2.43 bits per heavy atom. The normalized spacial score (nSPS) is 20.0. The van der Waals surface area contributed by atoms with Gasteiger partial charge in [0.25, 0.3) is 5.89 Å².